The van der Waals surface area contributed by atoms with Crippen LogP contribution >= 0.6 is 11.8 Å². The van der Waals surface area contributed by atoms with Gasteiger partial charge in [0.2, 0.25) is 0 Å². The first-order valence-electron chi connectivity index (χ1n) is 6.10. The largest absolute Gasteiger partial charge is 0.460 e. The van der Waals surface area contributed by atoms with Crippen LogP contribution in [0, 0.1) is 13.8 Å². The minimum Gasteiger partial charge on any atom is -0.460 e. The van der Waals surface area contributed by atoms with Crippen molar-refractivity contribution >= 4 is 17.7 Å². The molecule has 0 fully saturated rings. The number of aromatic nitrogens is 3. The second-order valence-corrected chi connectivity index (χ2v) is 5.51. The maximum atomic E-state index is 11.9. The second kappa shape index (κ2) is 6.51. The summed E-state index contributed by atoms with van der Waals surface area (Å²) in [5, 5.41) is 3.99. The highest BCUT2D eigenvalue weighted by Crippen LogP contribution is 2.20. The molecule has 2 heterocycles. The normalized spacial score (nSPS) is 12.2. The molecular formula is C13H15N3O3S. The van der Waals surface area contributed by atoms with Gasteiger partial charge in [0.05, 0.1) is 11.3 Å². The summed E-state index contributed by atoms with van der Waals surface area (Å²) in [6.45, 7) is 5.53. The topological polar surface area (TPSA) is 78.1 Å². The average Bonchev–Trinajstić information content (AvgIpc) is 2.76. The highest BCUT2D eigenvalue weighted by atomic mass is 32.2. The van der Waals surface area contributed by atoms with Crippen LogP contribution in [0.3, 0.4) is 0 Å². The molecule has 0 radical (unpaired) electrons. The first-order chi connectivity index (χ1) is 9.58. The molecule has 0 bridgehead atoms. The molecule has 0 amide bonds. The van der Waals surface area contributed by atoms with E-state index >= 15 is 0 Å². The van der Waals surface area contributed by atoms with Crippen molar-refractivity contribution < 1.29 is 14.1 Å². The van der Waals surface area contributed by atoms with Crippen molar-refractivity contribution in [1.82, 2.24) is 15.1 Å². The molecule has 0 spiro atoms. The maximum absolute atomic E-state index is 11.9. The van der Waals surface area contributed by atoms with Crippen molar-refractivity contribution in [3.63, 3.8) is 0 Å². The van der Waals surface area contributed by atoms with E-state index in [4.69, 9.17) is 9.26 Å². The molecule has 7 heteroatoms. The number of ether oxygens (including phenoxy) is 1. The second-order valence-electron chi connectivity index (χ2n) is 4.20. The van der Waals surface area contributed by atoms with Gasteiger partial charge in [0.25, 0.3) is 0 Å². The van der Waals surface area contributed by atoms with Crippen molar-refractivity contribution in [2.75, 3.05) is 0 Å². The SMILES string of the molecule is Cc1noc(C)c1COC(=O)[C@H](C)Sc1ncccn1. The highest BCUT2D eigenvalue weighted by Gasteiger charge is 2.19. The number of aryl methyl sites for hydroxylation is 2. The predicted molar refractivity (Wildman–Crippen MR) is 73.1 cm³/mol. The molecule has 20 heavy (non-hydrogen) atoms. The lowest BCUT2D eigenvalue weighted by Gasteiger charge is -2.09. The third-order valence-electron chi connectivity index (χ3n) is 2.70. The fourth-order valence-electron chi connectivity index (χ4n) is 1.52. The summed E-state index contributed by atoms with van der Waals surface area (Å²) in [6, 6.07) is 1.73. The molecule has 2 rings (SSSR count). The Morgan fingerprint density at radius 3 is 2.70 bits per heavy atom. The lowest BCUT2D eigenvalue weighted by molar-refractivity contribution is -0.143. The molecule has 0 saturated carbocycles. The van der Waals surface area contributed by atoms with Crippen LogP contribution in [0.4, 0.5) is 0 Å². The molecule has 6 nitrogen and oxygen atoms in total. The Kier molecular flexibility index (Phi) is 4.73. The maximum Gasteiger partial charge on any atom is 0.319 e. The zero-order valence-electron chi connectivity index (χ0n) is 11.5. The van der Waals surface area contributed by atoms with Gasteiger partial charge in [-0.05, 0) is 26.8 Å². The Bertz CT molecular complexity index is 566. The lowest BCUT2D eigenvalue weighted by Crippen LogP contribution is -2.17. The van der Waals surface area contributed by atoms with Crippen LogP contribution < -0.4 is 0 Å². The Morgan fingerprint density at radius 2 is 2.10 bits per heavy atom. The molecule has 106 valence electrons. The van der Waals surface area contributed by atoms with E-state index in [2.05, 4.69) is 15.1 Å². The first-order valence-corrected chi connectivity index (χ1v) is 6.98. The van der Waals surface area contributed by atoms with E-state index in [0.717, 1.165) is 11.3 Å². The van der Waals surface area contributed by atoms with Gasteiger partial charge in [-0.25, -0.2) is 9.97 Å². The molecule has 0 aromatic carbocycles. The van der Waals surface area contributed by atoms with Crippen LogP contribution in [0.25, 0.3) is 0 Å². The number of thioether (sulfide) groups is 1. The summed E-state index contributed by atoms with van der Waals surface area (Å²) >= 11 is 1.26. The van der Waals surface area contributed by atoms with Gasteiger partial charge in [-0.2, -0.15) is 0 Å². The Balaban J connectivity index is 1.89. The molecule has 0 aliphatic heterocycles. The average molecular weight is 293 g/mol. The van der Waals surface area contributed by atoms with Crippen molar-refractivity contribution in [1.29, 1.82) is 0 Å². The third-order valence-corrected chi connectivity index (χ3v) is 3.66. The van der Waals surface area contributed by atoms with Gasteiger partial charge in [-0.15, -0.1) is 0 Å². The molecule has 0 aliphatic rings. The van der Waals surface area contributed by atoms with Crippen molar-refractivity contribution in [2.24, 2.45) is 0 Å². The van der Waals surface area contributed by atoms with Gasteiger partial charge < -0.3 is 9.26 Å². The molecule has 1 atom stereocenters. The number of rotatable bonds is 5. The summed E-state index contributed by atoms with van der Waals surface area (Å²) in [6.07, 6.45) is 3.27. The van der Waals surface area contributed by atoms with Crippen molar-refractivity contribution in [3.05, 3.63) is 35.5 Å². The lowest BCUT2D eigenvalue weighted by atomic mass is 10.2. The number of hydrogen-bond acceptors (Lipinski definition) is 7. The van der Waals surface area contributed by atoms with Crippen LogP contribution in [0.5, 0.6) is 0 Å². The van der Waals surface area contributed by atoms with E-state index in [1.54, 1.807) is 32.3 Å². The van der Waals surface area contributed by atoms with Crippen molar-refractivity contribution in [3.8, 4) is 0 Å². The van der Waals surface area contributed by atoms with Crippen LogP contribution in [-0.4, -0.2) is 26.3 Å². The van der Waals surface area contributed by atoms with Crippen molar-refractivity contribution in [2.45, 2.75) is 37.8 Å². The number of esters is 1. The van der Waals surface area contributed by atoms with Crippen LogP contribution in [0.15, 0.2) is 28.1 Å². The van der Waals surface area contributed by atoms with Crippen LogP contribution in [0.2, 0.25) is 0 Å². The number of hydrogen-bond donors (Lipinski definition) is 0. The van der Waals surface area contributed by atoms with Gasteiger partial charge in [0.15, 0.2) is 5.16 Å². The number of carbonyl (C=O) groups is 1. The van der Waals surface area contributed by atoms with E-state index in [1.807, 2.05) is 6.92 Å². The molecule has 2 aromatic rings. The third kappa shape index (κ3) is 3.57. The predicted octanol–water partition coefficient (Wildman–Crippen LogP) is 2.31. The van der Waals surface area contributed by atoms with Gasteiger partial charge in [-0.3, -0.25) is 4.79 Å². The summed E-state index contributed by atoms with van der Waals surface area (Å²) in [5.41, 5.74) is 1.55. The van der Waals surface area contributed by atoms with E-state index in [0.29, 0.717) is 10.9 Å². The zero-order chi connectivity index (χ0) is 14.5. The van der Waals surface area contributed by atoms with E-state index in [-0.39, 0.29) is 17.8 Å². The summed E-state index contributed by atoms with van der Waals surface area (Å²) in [4.78, 5) is 20.0. The number of carbonyl (C=O) groups excluding carboxylic acids is 1. The van der Waals surface area contributed by atoms with Gasteiger partial charge in [0, 0.05) is 12.4 Å². The summed E-state index contributed by atoms with van der Waals surface area (Å²) in [5.74, 6) is 0.351. The van der Waals surface area contributed by atoms with E-state index in [1.165, 1.54) is 11.8 Å². The smallest absolute Gasteiger partial charge is 0.319 e. The fraction of sp³-hybridized carbons (Fsp3) is 0.385. The monoisotopic (exact) mass is 293 g/mol. The molecule has 0 aliphatic carbocycles. The molecule has 0 saturated heterocycles. The van der Waals surface area contributed by atoms with E-state index < -0.39 is 0 Å². The number of nitrogens with zero attached hydrogens (tertiary/aromatic N) is 3. The first kappa shape index (κ1) is 14.5. The molecule has 2 aromatic heterocycles. The molecular weight excluding hydrogens is 278 g/mol. The summed E-state index contributed by atoms with van der Waals surface area (Å²) < 4.78 is 10.3. The Labute approximate surface area is 120 Å². The van der Waals surface area contributed by atoms with Gasteiger partial charge in [0.1, 0.15) is 17.6 Å². The standard InChI is InChI=1S/C13H15N3O3S/c1-8-11(9(2)19-16-8)7-18-12(17)10(3)20-13-14-5-4-6-15-13/h4-6,10H,7H2,1-3H3/t10-/m0/s1. The van der Waals surface area contributed by atoms with Gasteiger partial charge >= 0.3 is 5.97 Å². The zero-order valence-corrected chi connectivity index (χ0v) is 12.3. The van der Waals surface area contributed by atoms with Crippen LogP contribution in [0.1, 0.15) is 23.9 Å². The minimum atomic E-state index is -0.377. The Morgan fingerprint density at radius 1 is 1.40 bits per heavy atom. The van der Waals surface area contributed by atoms with Gasteiger partial charge in [-0.1, -0.05) is 16.9 Å². The Hall–Kier alpha value is -1.89. The van der Waals surface area contributed by atoms with E-state index in [9.17, 15) is 4.79 Å². The molecule has 0 N–H and O–H groups in total. The van der Waals surface area contributed by atoms with Crippen LogP contribution in [-0.2, 0) is 16.1 Å². The highest BCUT2D eigenvalue weighted by molar-refractivity contribution is 8.00. The molecule has 0 unspecified atom stereocenters. The fourth-order valence-corrected chi connectivity index (χ4v) is 2.25. The summed E-state index contributed by atoms with van der Waals surface area (Å²) in [7, 11) is 0. The quantitative estimate of drug-likeness (QED) is 0.475. The minimum absolute atomic E-state index is 0.167.